The molecule has 0 rings (SSSR count). The van der Waals surface area contributed by atoms with Gasteiger partial charge in [-0.25, -0.2) is 5.01 Å². The van der Waals surface area contributed by atoms with E-state index in [0.717, 1.165) is 6.42 Å². The Morgan fingerprint density at radius 3 is 1.82 bits per heavy atom. The zero-order chi connectivity index (χ0) is 9.28. The molecule has 2 nitrogen and oxygen atoms in total. The van der Waals surface area contributed by atoms with Gasteiger partial charge in [0.2, 0.25) is 0 Å². The minimum absolute atomic E-state index is 0.579. The SMILES string of the molecule is CC.CCCC(CC)N(C)N. The standard InChI is InChI=1S/C7H18N2.C2H6/c1-4-6-7(5-2)9(3)8;1-2/h7H,4-6,8H2,1-3H3;1-2H3. The Kier molecular flexibility index (Phi) is 12.2. The molecule has 70 valence electrons. The van der Waals surface area contributed by atoms with E-state index in [9.17, 15) is 0 Å². The molecule has 0 bridgehead atoms. The lowest BCUT2D eigenvalue weighted by Crippen LogP contribution is -2.36. The van der Waals surface area contributed by atoms with Crippen LogP contribution in [0.3, 0.4) is 0 Å². The zero-order valence-corrected chi connectivity index (χ0v) is 8.72. The second-order valence-corrected chi connectivity index (χ2v) is 2.52. The van der Waals surface area contributed by atoms with Crippen LogP contribution in [0.5, 0.6) is 0 Å². The lowest BCUT2D eigenvalue weighted by molar-refractivity contribution is 0.229. The van der Waals surface area contributed by atoms with Crippen LogP contribution in [0, 0.1) is 0 Å². The van der Waals surface area contributed by atoms with Crippen molar-refractivity contribution in [3.63, 3.8) is 0 Å². The van der Waals surface area contributed by atoms with Crippen molar-refractivity contribution in [3.8, 4) is 0 Å². The van der Waals surface area contributed by atoms with E-state index >= 15 is 0 Å². The Morgan fingerprint density at radius 2 is 1.73 bits per heavy atom. The third kappa shape index (κ3) is 7.82. The van der Waals surface area contributed by atoms with Gasteiger partial charge in [0.05, 0.1) is 0 Å². The molecule has 2 N–H and O–H groups in total. The van der Waals surface area contributed by atoms with Gasteiger partial charge < -0.3 is 0 Å². The summed E-state index contributed by atoms with van der Waals surface area (Å²) in [5.74, 6) is 5.57. The fraction of sp³-hybridized carbons (Fsp3) is 1.00. The molecule has 1 atom stereocenters. The van der Waals surface area contributed by atoms with E-state index in [0.29, 0.717) is 6.04 Å². The van der Waals surface area contributed by atoms with Crippen LogP contribution in [0.2, 0.25) is 0 Å². The van der Waals surface area contributed by atoms with E-state index in [1.165, 1.54) is 12.8 Å². The summed E-state index contributed by atoms with van der Waals surface area (Å²) >= 11 is 0. The molecule has 0 aliphatic heterocycles. The predicted molar refractivity (Wildman–Crippen MR) is 52.3 cm³/mol. The molecule has 0 spiro atoms. The zero-order valence-electron chi connectivity index (χ0n) is 8.72. The third-order valence-electron chi connectivity index (χ3n) is 1.67. The normalized spacial score (nSPS) is 12.3. The van der Waals surface area contributed by atoms with E-state index in [1.807, 2.05) is 25.9 Å². The summed E-state index contributed by atoms with van der Waals surface area (Å²) in [5.41, 5.74) is 0. The highest BCUT2D eigenvalue weighted by atomic mass is 15.4. The van der Waals surface area contributed by atoms with Crippen molar-refractivity contribution in [2.24, 2.45) is 5.84 Å². The Labute approximate surface area is 71.7 Å². The maximum absolute atomic E-state index is 5.57. The molecule has 2 heteroatoms. The van der Waals surface area contributed by atoms with E-state index in [4.69, 9.17) is 5.84 Å². The van der Waals surface area contributed by atoms with Crippen molar-refractivity contribution in [2.75, 3.05) is 7.05 Å². The van der Waals surface area contributed by atoms with Gasteiger partial charge in [0.1, 0.15) is 0 Å². The molecule has 0 aliphatic rings. The molecule has 0 heterocycles. The first kappa shape index (κ1) is 13.5. The van der Waals surface area contributed by atoms with Crippen LogP contribution in [0.15, 0.2) is 0 Å². The highest BCUT2D eigenvalue weighted by molar-refractivity contribution is 4.60. The van der Waals surface area contributed by atoms with Crippen LogP contribution >= 0.6 is 0 Å². The molecule has 0 saturated carbocycles. The van der Waals surface area contributed by atoms with Crippen LogP contribution in [-0.2, 0) is 0 Å². The van der Waals surface area contributed by atoms with E-state index in [-0.39, 0.29) is 0 Å². The van der Waals surface area contributed by atoms with Gasteiger partial charge in [0.15, 0.2) is 0 Å². The van der Waals surface area contributed by atoms with Gasteiger partial charge in [-0.3, -0.25) is 5.84 Å². The van der Waals surface area contributed by atoms with Crippen LogP contribution in [0.25, 0.3) is 0 Å². The molecule has 0 aromatic carbocycles. The molecular formula is C9H24N2. The molecule has 11 heavy (non-hydrogen) atoms. The average molecular weight is 160 g/mol. The van der Waals surface area contributed by atoms with Crippen molar-refractivity contribution in [1.29, 1.82) is 0 Å². The molecule has 0 aliphatic carbocycles. The molecular weight excluding hydrogens is 136 g/mol. The number of hydrogen-bond acceptors (Lipinski definition) is 2. The molecule has 1 unspecified atom stereocenters. The summed E-state index contributed by atoms with van der Waals surface area (Å²) in [4.78, 5) is 0. The van der Waals surface area contributed by atoms with Crippen LogP contribution < -0.4 is 5.84 Å². The Bertz CT molecular complexity index is 62.6. The first-order chi connectivity index (χ1) is 5.22. The summed E-state index contributed by atoms with van der Waals surface area (Å²) in [6.45, 7) is 8.36. The van der Waals surface area contributed by atoms with Gasteiger partial charge >= 0.3 is 0 Å². The van der Waals surface area contributed by atoms with E-state index in [1.54, 1.807) is 0 Å². The van der Waals surface area contributed by atoms with Crippen molar-refractivity contribution in [1.82, 2.24) is 5.01 Å². The number of hydrogen-bond donors (Lipinski definition) is 1. The maximum atomic E-state index is 5.57. The molecule has 0 aromatic rings. The van der Waals surface area contributed by atoms with Crippen LogP contribution in [0.1, 0.15) is 47.0 Å². The van der Waals surface area contributed by atoms with Gasteiger partial charge in [-0.15, -0.1) is 0 Å². The number of nitrogens with two attached hydrogens (primary N) is 1. The summed E-state index contributed by atoms with van der Waals surface area (Å²) < 4.78 is 0. The quantitative estimate of drug-likeness (QED) is 0.505. The lowest BCUT2D eigenvalue weighted by atomic mass is 10.1. The first-order valence-electron chi connectivity index (χ1n) is 4.69. The Morgan fingerprint density at radius 1 is 1.27 bits per heavy atom. The topological polar surface area (TPSA) is 29.3 Å². The van der Waals surface area contributed by atoms with Gasteiger partial charge in [0, 0.05) is 13.1 Å². The number of rotatable bonds is 4. The third-order valence-corrected chi connectivity index (χ3v) is 1.67. The highest BCUT2D eigenvalue weighted by Gasteiger charge is 2.05. The summed E-state index contributed by atoms with van der Waals surface area (Å²) in [7, 11) is 1.93. The lowest BCUT2D eigenvalue weighted by Gasteiger charge is -2.21. The predicted octanol–water partition coefficient (Wildman–Crippen LogP) is 2.40. The van der Waals surface area contributed by atoms with Crippen molar-refractivity contribution in [2.45, 2.75) is 53.0 Å². The number of nitrogens with zero attached hydrogens (tertiary/aromatic N) is 1. The van der Waals surface area contributed by atoms with Crippen LogP contribution in [-0.4, -0.2) is 18.1 Å². The smallest absolute Gasteiger partial charge is 0.0235 e. The monoisotopic (exact) mass is 160 g/mol. The minimum atomic E-state index is 0.579. The minimum Gasteiger partial charge on any atom is -0.269 e. The van der Waals surface area contributed by atoms with Gasteiger partial charge in [-0.05, 0) is 12.8 Å². The van der Waals surface area contributed by atoms with Gasteiger partial charge in [-0.1, -0.05) is 34.1 Å². The Balaban J connectivity index is 0. The van der Waals surface area contributed by atoms with Crippen molar-refractivity contribution < 1.29 is 0 Å². The molecule has 0 radical (unpaired) electrons. The fourth-order valence-electron chi connectivity index (χ4n) is 1.03. The van der Waals surface area contributed by atoms with Crippen LogP contribution in [0.4, 0.5) is 0 Å². The summed E-state index contributed by atoms with van der Waals surface area (Å²) in [5, 5.41) is 1.81. The van der Waals surface area contributed by atoms with E-state index in [2.05, 4.69) is 13.8 Å². The second kappa shape index (κ2) is 9.92. The fourth-order valence-corrected chi connectivity index (χ4v) is 1.03. The van der Waals surface area contributed by atoms with Gasteiger partial charge in [0.25, 0.3) is 0 Å². The average Bonchev–Trinajstić information content (AvgIpc) is 2.03. The summed E-state index contributed by atoms with van der Waals surface area (Å²) in [6.07, 6.45) is 3.59. The maximum Gasteiger partial charge on any atom is 0.0235 e. The first-order valence-corrected chi connectivity index (χ1v) is 4.69. The van der Waals surface area contributed by atoms with Crippen molar-refractivity contribution >= 4 is 0 Å². The largest absolute Gasteiger partial charge is 0.269 e. The highest BCUT2D eigenvalue weighted by Crippen LogP contribution is 2.04. The Hall–Kier alpha value is -0.0800. The van der Waals surface area contributed by atoms with Gasteiger partial charge in [-0.2, -0.15) is 0 Å². The summed E-state index contributed by atoms with van der Waals surface area (Å²) in [6, 6.07) is 0.579. The molecule has 0 aromatic heterocycles. The molecule has 0 amide bonds. The second-order valence-electron chi connectivity index (χ2n) is 2.52. The molecule has 0 saturated heterocycles. The van der Waals surface area contributed by atoms with E-state index < -0.39 is 0 Å². The molecule has 0 fully saturated rings. The number of hydrazine groups is 1. The van der Waals surface area contributed by atoms with Crippen molar-refractivity contribution in [3.05, 3.63) is 0 Å².